The fourth-order valence-electron chi connectivity index (χ4n) is 8.51. The average Bonchev–Trinajstić information content (AvgIpc) is 3.36. The van der Waals surface area contributed by atoms with Gasteiger partial charge in [-0.2, -0.15) is 0 Å². The normalized spacial score (nSPS) is 32.8. The van der Waals surface area contributed by atoms with E-state index < -0.39 is 124 Å². The van der Waals surface area contributed by atoms with Crippen LogP contribution in [-0.2, 0) is 33.2 Å². The highest BCUT2D eigenvalue weighted by atomic mass is 16.8. The predicted octanol–water partition coefficient (Wildman–Crippen LogP) is 2.14. The molecule has 17 unspecified atom stereocenters. The van der Waals surface area contributed by atoms with Gasteiger partial charge in [0.1, 0.15) is 73.2 Å². The molecule has 410 valence electrons. The molecule has 0 bridgehead atoms. The van der Waals surface area contributed by atoms with Gasteiger partial charge in [-0.05, 0) is 57.8 Å². The number of aliphatic hydroxyl groups excluding tert-OH is 11. The zero-order chi connectivity index (χ0) is 52.0. The molecule has 3 aliphatic rings. The number of hydrogen-bond donors (Lipinski definition) is 12. The summed E-state index contributed by atoms with van der Waals surface area (Å²) in [5.74, 6) is -0.274. The number of carbonyl (C=O) groups excluding carboxylic acids is 1. The van der Waals surface area contributed by atoms with Crippen LogP contribution in [0, 0.1) is 0 Å². The van der Waals surface area contributed by atoms with Crippen LogP contribution < -0.4 is 5.32 Å². The molecule has 3 heterocycles. The lowest BCUT2D eigenvalue weighted by atomic mass is 9.96. The van der Waals surface area contributed by atoms with Crippen molar-refractivity contribution in [3.8, 4) is 0 Å². The van der Waals surface area contributed by atoms with E-state index in [1.807, 2.05) is 0 Å². The highest BCUT2D eigenvalue weighted by molar-refractivity contribution is 5.76. The van der Waals surface area contributed by atoms with Crippen LogP contribution in [0.25, 0.3) is 0 Å². The monoisotopic (exact) mass is 1020 g/mol. The first-order chi connectivity index (χ1) is 34.3. The minimum Gasteiger partial charge on any atom is -0.394 e. The number of nitrogens with one attached hydrogen (secondary N) is 1. The Hall–Kier alpha value is -2.51. The number of ether oxygens (including phenoxy) is 6. The Morgan fingerprint density at radius 2 is 0.972 bits per heavy atom. The molecule has 1 amide bonds. The summed E-state index contributed by atoms with van der Waals surface area (Å²) in [6, 6.07) is -0.896. The molecular weight excluding hydrogens is 927 g/mol. The van der Waals surface area contributed by atoms with E-state index in [2.05, 4.69) is 79.9 Å². The lowest BCUT2D eigenvalue weighted by molar-refractivity contribution is -0.379. The molecule has 0 aromatic rings. The second-order valence-corrected chi connectivity index (χ2v) is 18.6. The van der Waals surface area contributed by atoms with Crippen LogP contribution >= 0.6 is 0 Å². The van der Waals surface area contributed by atoms with Crippen molar-refractivity contribution in [3.63, 3.8) is 0 Å². The van der Waals surface area contributed by atoms with E-state index in [9.17, 15) is 61.0 Å². The number of rotatable bonds is 35. The van der Waals surface area contributed by atoms with Crippen LogP contribution in [-0.4, -0.2) is 193 Å². The molecule has 0 aromatic carbocycles. The maximum absolute atomic E-state index is 13.2. The maximum Gasteiger partial charge on any atom is 0.220 e. The van der Waals surface area contributed by atoms with Crippen LogP contribution in [0.4, 0.5) is 0 Å². The van der Waals surface area contributed by atoms with Crippen molar-refractivity contribution >= 4 is 5.91 Å². The molecule has 71 heavy (non-hydrogen) atoms. The topological polar surface area (TPSA) is 307 Å². The number of carbonyl (C=O) groups is 1. The molecule has 19 nitrogen and oxygen atoms in total. The molecule has 3 rings (SSSR count). The zero-order valence-electron chi connectivity index (χ0n) is 41.9. The van der Waals surface area contributed by atoms with E-state index in [1.54, 1.807) is 0 Å². The lowest BCUT2D eigenvalue weighted by Crippen LogP contribution is -2.66. The maximum atomic E-state index is 13.2. The minimum atomic E-state index is -1.97. The summed E-state index contributed by atoms with van der Waals surface area (Å²) in [5.41, 5.74) is 0. The third kappa shape index (κ3) is 22.1. The first-order valence-corrected chi connectivity index (χ1v) is 26.0. The van der Waals surface area contributed by atoms with Crippen molar-refractivity contribution in [2.45, 2.75) is 234 Å². The van der Waals surface area contributed by atoms with Crippen molar-refractivity contribution in [1.82, 2.24) is 5.32 Å². The molecule has 3 aliphatic heterocycles. The first-order valence-electron chi connectivity index (χ1n) is 26.0. The molecular formula is C52H89NO18. The van der Waals surface area contributed by atoms with Crippen LogP contribution in [0.2, 0.25) is 0 Å². The standard InChI is InChI=1S/C52H89NO18/c1-3-5-7-9-10-11-12-13-14-15-16-17-18-19-20-21-22-23-24-26-28-30-40(58)53-35(36(57)29-27-25-8-6-4-2)34-66-50-46(64)43(61)48(38(32-55)68-50)71-52-47(65)44(62)49(39(33-56)69-52)70-51-45(63)42(60)41(59)37(31-54)67-51/h5,7,10-11,13-14,16-17,19-20,35-39,41-52,54-57,59-65H,3-4,6,8-9,12,15,18,21-34H2,1-2H3,(H,53,58)/b7-5-,11-10-,14-13-,17-16-,20-19-. The highest BCUT2D eigenvalue weighted by Gasteiger charge is 2.53. The van der Waals surface area contributed by atoms with Crippen LogP contribution in [0.3, 0.4) is 0 Å². The van der Waals surface area contributed by atoms with E-state index in [1.165, 1.54) is 0 Å². The summed E-state index contributed by atoms with van der Waals surface area (Å²) in [6.45, 7) is 1.50. The van der Waals surface area contributed by atoms with E-state index >= 15 is 0 Å². The Labute approximate surface area is 420 Å². The van der Waals surface area contributed by atoms with Crippen LogP contribution in [0.15, 0.2) is 60.8 Å². The van der Waals surface area contributed by atoms with Gasteiger partial charge in [0.05, 0.1) is 38.6 Å². The summed E-state index contributed by atoms with van der Waals surface area (Å²) >= 11 is 0. The molecule has 12 N–H and O–H groups in total. The summed E-state index contributed by atoms with van der Waals surface area (Å²) < 4.78 is 34.0. The van der Waals surface area contributed by atoms with Gasteiger partial charge < -0.3 is 89.9 Å². The molecule has 0 aromatic heterocycles. The average molecular weight is 1020 g/mol. The Morgan fingerprint density at radius 3 is 1.52 bits per heavy atom. The van der Waals surface area contributed by atoms with Gasteiger partial charge >= 0.3 is 0 Å². The fourth-order valence-corrected chi connectivity index (χ4v) is 8.51. The zero-order valence-corrected chi connectivity index (χ0v) is 41.9. The number of unbranched alkanes of at least 4 members (excludes halogenated alkanes) is 9. The highest BCUT2D eigenvalue weighted by Crippen LogP contribution is 2.33. The lowest BCUT2D eigenvalue weighted by Gasteiger charge is -2.48. The van der Waals surface area contributed by atoms with Gasteiger partial charge in [0.25, 0.3) is 0 Å². The molecule has 0 aliphatic carbocycles. The van der Waals surface area contributed by atoms with E-state index in [0.29, 0.717) is 19.3 Å². The second-order valence-electron chi connectivity index (χ2n) is 18.6. The molecule has 0 spiro atoms. The molecule has 3 saturated heterocycles. The summed E-state index contributed by atoms with van der Waals surface area (Å²) in [7, 11) is 0. The third-order valence-electron chi connectivity index (χ3n) is 12.9. The van der Waals surface area contributed by atoms with E-state index in [0.717, 1.165) is 89.9 Å². The van der Waals surface area contributed by atoms with Gasteiger partial charge in [-0.3, -0.25) is 4.79 Å². The number of hydrogen-bond acceptors (Lipinski definition) is 18. The van der Waals surface area contributed by atoms with E-state index in [4.69, 9.17) is 28.4 Å². The second kappa shape index (κ2) is 36.4. The first kappa shape index (κ1) is 62.8. The van der Waals surface area contributed by atoms with Crippen molar-refractivity contribution in [2.24, 2.45) is 0 Å². The Morgan fingerprint density at radius 1 is 0.521 bits per heavy atom. The van der Waals surface area contributed by atoms with Gasteiger partial charge in [0.2, 0.25) is 5.91 Å². The smallest absolute Gasteiger partial charge is 0.220 e. The SMILES string of the molecule is CC/C=C\C/C=C\C/C=C\C/C=C\C/C=C\CCCCCCCC(=O)NC(COC1OC(CO)C(OC2OC(CO)C(OC3OC(CO)C(O)C(O)C3O)C(O)C2O)C(O)C1O)C(O)CCCCCCC. The number of allylic oxidation sites excluding steroid dienone is 10. The van der Waals surface area contributed by atoms with Gasteiger partial charge in [-0.1, -0.05) is 126 Å². The van der Waals surface area contributed by atoms with Crippen LogP contribution in [0.5, 0.6) is 0 Å². The summed E-state index contributed by atoms with van der Waals surface area (Å²) in [6.07, 6.45) is 11.1. The van der Waals surface area contributed by atoms with E-state index in [-0.39, 0.29) is 18.9 Å². The predicted molar refractivity (Wildman–Crippen MR) is 263 cm³/mol. The minimum absolute atomic E-state index is 0.239. The molecule has 19 heteroatoms. The quantitative estimate of drug-likeness (QED) is 0.0320. The summed E-state index contributed by atoms with van der Waals surface area (Å²) in [5, 5.41) is 119. The van der Waals surface area contributed by atoms with Crippen molar-refractivity contribution < 1.29 is 89.4 Å². The van der Waals surface area contributed by atoms with Crippen molar-refractivity contribution in [1.29, 1.82) is 0 Å². The van der Waals surface area contributed by atoms with Gasteiger partial charge in [-0.25, -0.2) is 0 Å². The van der Waals surface area contributed by atoms with Gasteiger partial charge in [-0.15, -0.1) is 0 Å². The Kier molecular flexibility index (Phi) is 32.2. The Balaban J connectivity index is 1.46. The van der Waals surface area contributed by atoms with Gasteiger partial charge in [0.15, 0.2) is 18.9 Å². The summed E-state index contributed by atoms with van der Waals surface area (Å²) in [4.78, 5) is 13.2. The molecule has 0 radical (unpaired) electrons. The van der Waals surface area contributed by atoms with Crippen molar-refractivity contribution in [3.05, 3.63) is 60.8 Å². The number of amides is 1. The molecule has 3 fully saturated rings. The van der Waals surface area contributed by atoms with Crippen molar-refractivity contribution in [2.75, 3.05) is 26.4 Å². The molecule has 0 saturated carbocycles. The largest absolute Gasteiger partial charge is 0.394 e. The Bertz CT molecular complexity index is 1540. The van der Waals surface area contributed by atoms with Crippen LogP contribution in [0.1, 0.15) is 129 Å². The van der Waals surface area contributed by atoms with Gasteiger partial charge in [0, 0.05) is 6.42 Å². The fraction of sp³-hybridized carbons (Fsp3) is 0.788. The number of aliphatic hydroxyl groups is 11. The third-order valence-corrected chi connectivity index (χ3v) is 12.9. The molecule has 17 atom stereocenters.